The number of likely N-dealkylation sites (N-methyl/N-ethyl adjacent to an activating group) is 2. The van der Waals surface area contributed by atoms with Crippen LogP contribution in [0.15, 0.2) is 0 Å². The Morgan fingerprint density at radius 1 is 1.19 bits per heavy atom. The number of hydrogen-bond donors (Lipinski definition) is 1. The average molecular weight is 298 g/mol. The van der Waals surface area contributed by atoms with Crippen molar-refractivity contribution in [1.29, 1.82) is 0 Å². The Morgan fingerprint density at radius 3 is 2.38 bits per heavy atom. The van der Waals surface area contributed by atoms with E-state index in [1.807, 2.05) is 13.8 Å². The van der Waals surface area contributed by atoms with Gasteiger partial charge in [-0.25, -0.2) is 0 Å². The van der Waals surface area contributed by atoms with E-state index in [0.717, 1.165) is 19.6 Å². The van der Waals surface area contributed by atoms with Gasteiger partial charge in [-0.1, -0.05) is 6.92 Å². The van der Waals surface area contributed by atoms with Gasteiger partial charge in [0.15, 0.2) is 0 Å². The Kier molecular flexibility index (Phi) is 5.04. The van der Waals surface area contributed by atoms with E-state index in [9.17, 15) is 5.11 Å². The minimum Gasteiger partial charge on any atom is -0.390 e. The summed E-state index contributed by atoms with van der Waals surface area (Å²) >= 11 is 0. The molecule has 2 aliphatic heterocycles. The molecule has 2 heterocycles. The van der Waals surface area contributed by atoms with Crippen molar-refractivity contribution in [2.75, 3.05) is 33.2 Å². The van der Waals surface area contributed by atoms with Crippen molar-refractivity contribution in [3.63, 3.8) is 0 Å². The van der Waals surface area contributed by atoms with Crippen molar-refractivity contribution in [2.45, 2.75) is 70.8 Å². The van der Waals surface area contributed by atoms with E-state index in [0.29, 0.717) is 6.04 Å². The number of aliphatic hydroxyl groups excluding tert-OH is 1. The molecule has 21 heavy (non-hydrogen) atoms. The fourth-order valence-electron chi connectivity index (χ4n) is 4.29. The predicted octanol–water partition coefficient (Wildman–Crippen LogP) is 1.97. The molecule has 4 nitrogen and oxygen atoms in total. The van der Waals surface area contributed by atoms with E-state index >= 15 is 0 Å². The monoisotopic (exact) mass is 298 g/mol. The maximum absolute atomic E-state index is 10.6. The molecule has 0 amide bonds. The first-order chi connectivity index (χ1) is 9.67. The number of hydrogen-bond acceptors (Lipinski definition) is 4. The van der Waals surface area contributed by atoms with Gasteiger partial charge in [-0.15, -0.1) is 0 Å². The highest BCUT2D eigenvalue weighted by Crippen LogP contribution is 2.42. The van der Waals surface area contributed by atoms with Gasteiger partial charge in [0.25, 0.3) is 0 Å². The molecule has 2 saturated heterocycles. The van der Waals surface area contributed by atoms with Crippen molar-refractivity contribution in [1.82, 2.24) is 9.80 Å². The lowest BCUT2D eigenvalue weighted by Crippen LogP contribution is -2.46. The highest BCUT2D eigenvalue weighted by Gasteiger charge is 2.53. The molecule has 2 rings (SSSR count). The summed E-state index contributed by atoms with van der Waals surface area (Å²) in [4.78, 5) is 4.96. The first-order valence-electron chi connectivity index (χ1n) is 8.48. The van der Waals surface area contributed by atoms with Gasteiger partial charge in [-0.3, -0.25) is 4.90 Å². The normalized spacial score (nSPS) is 35.7. The maximum atomic E-state index is 10.6. The van der Waals surface area contributed by atoms with E-state index in [1.54, 1.807) is 0 Å². The lowest BCUT2D eigenvalue weighted by Gasteiger charge is -2.33. The van der Waals surface area contributed by atoms with Crippen LogP contribution in [0.3, 0.4) is 0 Å². The number of likely N-dealkylation sites (tertiary alicyclic amines) is 1. The second-order valence-corrected chi connectivity index (χ2v) is 8.01. The molecule has 0 aromatic carbocycles. The Balaban J connectivity index is 1.94. The molecule has 0 aromatic rings. The smallest absolute Gasteiger partial charge is 0.0896 e. The molecule has 1 N–H and O–H groups in total. The van der Waals surface area contributed by atoms with Crippen LogP contribution in [0.4, 0.5) is 0 Å². The van der Waals surface area contributed by atoms with Crippen LogP contribution >= 0.6 is 0 Å². The molecule has 3 atom stereocenters. The maximum Gasteiger partial charge on any atom is 0.0896 e. The predicted molar refractivity (Wildman–Crippen MR) is 86.5 cm³/mol. The summed E-state index contributed by atoms with van der Waals surface area (Å²) in [5, 5.41) is 10.6. The van der Waals surface area contributed by atoms with Crippen LogP contribution in [0.5, 0.6) is 0 Å². The molecule has 0 spiro atoms. The zero-order chi connectivity index (χ0) is 15.8. The fourth-order valence-corrected chi connectivity index (χ4v) is 4.29. The molecule has 0 radical (unpaired) electrons. The molecule has 2 fully saturated rings. The molecule has 0 aromatic heterocycles. The molecule has 0 bridgehead atoms. The van der Waals surface area contributed by atoms with Gasteiger partial charge in [0.1, 0.15) is 0 Å². The third kappa shape index (κ3) is 3.61. The summed E-state index contributed by atoms with van der Waals surface area (Å²) in [7, 11) is 2.18. The van der Waals surface area contributed by atoms with Crippen molar-refractivity contribution in [3.05, 3.63) is 0 Å². The Bertz CT molecular complexity index is 357. The summed E-state index contributed by atoms with van der Waals surface area (Å²) in [6.45, 7) is 14.8. The summed E-state index contributed by atoms with van der Waals surface area (Å²) < 4.78 is 6.09. The second-order valence-electron chi connectivity index (χ2n) is 8.01. The zero-order valence-electron chi connectivity index (χ0n) is 14.7. The average Bonchev–Trinajstić information content (AvgIpc) is 2.85. The van der Waals surface area contributed by atoms with Crippen LogP contribution in [-0.4, -0.2) is 71.5 Å². The van der Waals surface area contributed by atoms with Crippen LogP contribution in [0.1, 0.15) is 47.5 Å². The Hall–Kier alpha value is -0.160. The minimum absolute atomic E-state index is 0.161. The number of ether oxygens (including phenoxy) is 1. The number of nitrogens with zero attached hydrogens (tertiary/aromatic N) is 2. The van der Waals surface area contributed by atoms with Crippen LogP contribution in [-0.2, 0) is 4.74 Å². The first kappa shape index (κ1) is 17.2. The lowest BCUT2D eigenvalue weighted by atomic mass is 9.84. The van der Waals surface area contributed by atoms with Gasteiger partial charge in [0.05, 0.1) is 17.3 Å². The number of aliphatic hydroxyl groups is 1. The van der Waals surface area contributed by atoms with E-state index in [4.69, 9.17) is 4.74 Å². The molecule has 0 aliphatic carbocycles. The molecule has 3 unspecified atom stereocenters. The van der Waals surface area contributed by atoms with Crippen molar-refractivity contribution >= 4 is 0 Å². The van der Waals surface area contributed by atoms with Crippen LogP contribution in [0.2, 0.25) is 0 Å². The highest BCUT2D eigenvalue weighted by molar-refractivity contribution is 5.02. The van der Waals surface area contributed by atoms with Crippen molar-refractivity contribution in [2.24, 2.45) is 5.92 Å². The molecule has 0 saturated carbocycles. The molecule has 124 valence electrons. The van der Waals surface area contributed by atoms with Gasteiger partial charge in [0, 0.05) is 25.0 Å². The van der Waals surface area contributed by atoms with E-state index < -0.39 is 11.7 Å². The molecule has 2 aliphatic rings. The molecular formula is C17H34N2O2. The largest absolute Gasteiger partial charge is 0.390 e. The topological polar surface area (TPSA) is 35.9 Å². The standard InChI is InChI=1S/C17H34N2O2/c1-7-19-10-8-9-13(19)11-18(6)12-14-15(20)17(4,5)21-16(14,2)3/h13-15,20H,7-12H2,1-6H3. The van der Waals surface area contributed by atoms with E-state index in [2.05, 4.69) is 37.6 Å². The van der Waals surface area contributed by atoms with Crippen molar-refractivity contribution in [3.8, 4) is 0 Å². The van der Waals surface area contributed by atoms with Gasteiger partial charge in [0.2, 0.25) is 0 Å². The van der Waals surface area contributed by atoms with Gasteiger partial charge in [-0.2, -0.15) is 0 Å². The summed E-state index contributed by atoms with van der Waals surface area (Å²) in [6, 6.07) is 0.676. The van der Waals surface area contributed by atoms with Crippen LogP contribution < -0.4 is 0 Å². The van der Waals surface area contributed by atoms with Gasteiger partial charge in [-0.05, 0) is 60.7 Å². The Morgan fingerprint density at radius 2 is 1.86 bits per heavy atom. The van der Waals surface area contributed by atoms with Crippen LogP contribution in [0.25, 0.3) is 0 Å². The SMILES string of the molecule is CCN1CCCC1CN(C)CC1C(O)C(C)(C)OC1(C)C. The van der Waals surface area contributed by atoms with Crippen molar-refractivity contribution < 1.29 is 9.84 Å². The quantitative estimate of drug-likeness (QED) is 0.842. The fraction of sp³-hybridized carbons (Fsp3) is 1.00. The van der Waals surface area contributed by atoms with Gasteiger partial charge < -0.3 is 14.7 Å². The van der Waals surface area contributed by atoms with E-state index in [-0.39, 0.29) is 11.5 Å². The van der Waals surface area contributed by atoms with E-state index in [1.165, 1.54) is 19.4 Å². The second kappa shape index (κ2) is 6.15. The first-order valence-corrected chi connectivity index (χ1v) is 8.48. The van der Waals surface area contributed by atoms with Crippen LogP contribution in [0, 0.1) is 5.92 Å². The lowest BCUT2D eigenvalue weighted by molar-refractivity contribution is -0.0913. The third-order valence-corrected chi connectivity index (χ3v) is 5.45. The van der Waals surface area contributed by atoms with Gasteiger partial charge >= 0.3 is 0 Å². The Labute approximate surface area is 130 Å². The highest BCUT2D eigenvalue weighted by atomic mass is 16.5. The summed E-state index contributed by atoms with van der Waals surface area (Å²) in [5.74, 6) is 0.161. The zero-order valence-corrected chi connectivity index (χ0v) is 14.7. The summed E-state index contributed by atoms with van der Waals surface area (Å²) in [5.41, 5.74) is -0.713. The third-order valence-electron chi connectivity index (χ3n) is 5.45. The number of rotatable bonds is 5. The summed E-state index contributed by atoms with van der Waals surface area (Å²) in [6.07, 6.45) is 2.22. The molecule has 4 heteroatoms. The molecular weight excluding hydrogens is 264 g/mol. The minimum atomic E-state index is -0.447.